The average molecular weight is 246 g/mol. The molecule has 19 heavy (non-hydrogen) atoms. The Bertz CT molecular complexity index is 761. The molecule has 0 N–H and O–H groups in total. The van der Waals surface area contributed by atoms with Crippen molar-refractivity contribution >= 4 is 10.9 Å². The van der Waals surface area contributed by atoms with Crippen LogP contribution in [0.15, 0.2) is 54.6 Å². The Labute approximate surface area is 112 Å². The van der Waals surface area contributed by atoms with E-state index in [1.54, 1.807) is 0 Å². The quantitative estimate of drug-likeness (QED) is 0.666. The van der Waals surface area contributed by atoms with Gasteiger partial charge < -0.3 is 4.57 Å². The maximum Gasteiger partial charge on any atom is 0.102 e. The van der Waals surface area contributed by atoms with Crippen LogP contribution >= 0.6 is 0 Å². The van der Waals surface area contributed by atoms with Gasteiger partial charge in [0.1, 0.15) is 6.07 Å². The standard InChI is InChI=1S/C17H14N2/c1-2-19-16-11-7-6-10-14(16)15(12-18)17(19)13-8-4-3-5-9-13/h3-11H,2H2,1H3. The molecule has 0 aliphatic heterocycles. The zero-order valence-electron chi connectivity index (χ0n) is 10.8. The molecule has 92 valence electrons. The van der Waals surface area contributed by atoms with E-state index in [2.05, 4.69) is 35.8 Å². The first-order chi connectivity index (χ1) is 9.36. The molecular weight excluding hydrogens is 232 g/mol. The summed E-state index contributed by atoms with van der Waals surface area (Å²) in [6.07, 6.45) is 0. The molecule has 0 amide bonds. The molecule has 0 unspecified atom stereocenters. The van der Waals surface area contributed by atoms with Gasteiger partial charge in [-0.05, 0) is 18.6 Å². The number of nitriles is 1. The summed E-state index contributed by atoms with van der Waals surface area (Å²) >= 11 is 0. The van der Waals surface area contributed by atoms with Crippen LogP contribution in [0, 0.1) is 11.3 Å². The van der Waals surface area contributed by atoms with Crippen molar-refractivity contribution in [2.45, 2.75) is 13.5 Å². The first-order valence-electron chi connectivity index (χ1n) is 6.43. The molecule has 0 saturated carbocycles. The van der Waals surface area contributed by atoms with Gasteiger partial charge in [-0.1, -0.05) is 48.5 Å². The maximum absolute atomic E-state index is 9.52. The van der Waals surface area contributed by atoms with Crippen molar-refractivity contribution in [3.63, 3.8) is 0 Å². The van der Waals surface area contributed by atoms with Crippen LogP contribution in [-0.4, -0.2) is 4.57 Å². The van der Waals surface area contributed by atoms with E-state index in [4.69, 9.17) is 0 Å². The largest absolute Gasteiger partial charge is 0.340 e. The topological polar surface area (TPSA) is 28.7 Å². The molecule has 0 bridgehead atoms. The van der Waals surface area contributed by atoms with Crippen molar-refractivity contribution in [1.82, 2.24) is 4.57 Å². The van der Waals surface area contributed by atoms with Gasteiger partial charge >= 0.3 is 0 Å². The summed E-state index contributed by atoms with van der Waals surface area (Å²) in [5.41, 5.74) is 4.01. The van der Waals surface area contributed by atoms with Crippen molar-refractivity contribution in [2.24, 2.45) is 0 Å². The van der Waals surface area contributed by atoms with Crippen molar-refractivity contribution in [2.75, 3.05) is 0 Å². The van der Waals surface area contributed by atoms with E-state index in [0.29, 0.717) is 0 Å². The molecule has 0 saturated heterocycles. The number of nitrogens with zero attached hydrogens (tertiary/aromatic N) is 2. The number of benzene rings is 2. The van der Waals surface area contributed by atoms with E-state index in [-0.39, 0.29) is 0 Å². The van der Waals surface area contributed by atoms with Crippen LogP contribution in [0.3, 0.4) is 0 Å². The van der Waals surface area contributed by atoms with Crippen LogP contribution in [0.25, 0.3) is 22.2 Å². The van der Waals surface area contributed by atoms with E-state index in [0.717, 1.165) is 34.3 Å². The van der Waals surface area contributed by atoms with Crippen molar-refractivity contribution in [1.29, 1.82) is 5.26 Å². The molecule has 2 heteroatoms. The highest BCUT2D eigenvalue weighted by Gasteiger charge is 2.16. The van der Waals surface area contributed by atoms with Crippen molar-refractivity contribution < 1.29 is 0 Å². The third-order valence-corrected chi connectivity index (χ3v) is 3.45. The van der Waals surface area contributed by atoms with E-state index in [1.807, 2.05) is 36.4 Å². The molecule has 0 atom stereocenters. The van der Waals surface area contributed by atoms with Crippen LogP contribution in [-0.2, 0) is 6.54 Å². The molecule has 1 aromatic heterocycles. The zero-order valence-corrected chi connectivity index (χ0v) is 10.8. The monoisotopic (exact) mass is 246 g/mol. The van der Waals surface area contributed by atoms with E-state index in [9.17, 15) is 5.26 Å². The molecule has 0 aliphatic carbocycles. The van der Waals surface area contributed by atoms with Crippen LogP contribution in [0.4, 0.5) is 0 Å². The Balaban J connectivity index is 2.44. The van der Waals surface area contributed by atoms with Gasteiger partial charge in [0.2, 0.25) is 0 Å². The highest BCUT2D eigenvalue weighted by atomic mass is 15.0. The lowest BCUT2D eigenvalue weighted by Gasteiger charge is -2.08. The Morgan fingerprint density at radius 3 is 2.37 bits per heavy atom. The van der Waals surface area contributed by atoms with Gasteiger partial charge in [-0.2, -0.15) is 5.26 Å². The second-order valence-electron chi connectivity index (χ2n) is 4.46. The van der Waals surface area contributed by atoms with E-state index in [1.165, 1.54) is 0 Å². The first kappa shape index (κ1) is 11.6. The van der Waals surface area contributed by atoms with Crippen molar-refractivity contribution in [3.8, 4) is 17.3 Å². The molecule has 0 fully saturated rings. The first-order valence-corrected chi connectivity index (χ1v) is 6.43. The lowest BCUT2D eigenvalue weighted by Crippen LogP contribution is -1.97. The molecule has 3 rings (SSSR count). The van der Waals surface area contributed by atoms with Gasteiger partial charge in [-0.3, -0.25) is 0 Å². The van der Waals surface area contributed by atoms with Crippen LogP contribution in [0.2, 0.25) is 0 Å². The molecule has 2 aromatic carbocycles. The maximum atomic E-state index is 9.52. The second-order valence-corrected chi connectivity index (χ2v) is 4.46. The number of hydrogen-bond donors (Lipinski definition) is 0. The van der Waals surface area contributed by atoms with Crippen LogP contribution in [0.5, 0.6) is 0 Å². The molecule has 0 aliphatic rings. The number of aryl methyl sites for hydroxylation is 1. The Hall–Kier alpha value is -2.53. The smallest absolute Gasteiger partial charge is 0.102 e. The fourth-order valence-electron chi connectivity index (χ4n) is 2.64. The summed E-state index contributed by atoms with van der Waals surface area (Å²) in [4.78, 5) is 0. The number of rotatable bonds is 2. The molecule has 0 radical (unpaired) electrons. The minimum absolute atomic E-state index is 0.767. The lowest BCUT2D eigenvalue weighted by atomic mass is 10.1. The fourth-order valence-corrected chi connectivity index (χ4v) is 2.64. The minimum atomic E-state index is 0.767. The van der Waals surface area contributed by atoms with E-state index >= 15 is 0 Å². The summed E-state index contributed by atoms with van der Waals surface area (Å²) < 4.78 is 2.21. The Morgan fingerprint density at radius 1 is 1.00 bits per heavy atom. The summed E-state index contributed by atoms with van der Waals surface area (Å²) in [5, 5.41) is 10.6. The molecular formula is C17H14N2. The second kappa shape index (κ2) is 4.62. The molecule has 3 aromatic rings. The van der Waals surface area contributed by atoms with Gasteiger partial charge in [0, 0.05) is 17.4 Å². The van der Waals surface area contributed by atoms with Gasteiger partial charge in [0.25, 0.3) is 0 Å². The number of para-hydroxylation sites is 1. The zero-order chi connectivity index (χ0) is 13.2. The number of hydrogen-bond acceptors (Lipinski definition) is 1. The normalized spacial score (nSPS) is 10.5. The number of aromatic nitrogens is 1. The van der Waals surface area contributed by atoms with Crippen LogP contribution in [0.1, 0.15) is 12.5 Å². The van der Waals surface area contributed by atoms with E-state index < -0.39 is 0 Å². The average Bonchev–Trinajstić information content (AvgIpc) is 2.81. The van der Waals surface area contributed by atoms with Crippen molar-refractivity contribution in [3.05, 3.63) is 60.2 Å². The van der Waals surface area contributed by atoms with Gasteiger partial charge in [-0.25, -0.2) is 0 Å². The predicted molar refractivity (Wildman–Crippen MR) is 77.8 cm³/mol. The third-order valence-electron chi connectivity index (χ3n) is 3.45. The highest BCUT2D eigenvalue weighted by Crippen LogP contribution is 2.33. The van der Waals surface area contributed by atoms with Gasteiger partial charge in [0.05, 0.1) is 11.3 Å². The summed E-state index contributed by atoms with van der Waals surface area (Å²) in [5.74, 6) is 0. The SMILES string of the molecule is CCn1c(-c2ccccc2)c(C#N)c2ccccc21. The third kappa shape index (κ3) is 1.71. The Morgan fingerprint density at radius 2 is 1.68 bits per heavy atom. The Kier molecular flexibility index (Phi) is 2.81. The van der Waals surface area contributed by atoms with Gasteiger partial charge in [-0.15, -0.1) is 0 Å². The molecule has 0 spiro atoms. The summed E-state index contributed by atoms with van der Waals surface area (Å²) in [6.45, 7) is 2.96. The molecule has 1 heterocycles. The lowest BCUT2D eigenvalue weighted by molar-refractivity contribution is 0.804. The van der Waals surface area contributed by atoms with Crippen LogP contribution < -0.4 is 0 Å². The highest BCUT2D eigenvalue weighted by molar-refractivity contribution is 5.94. The fraction of sp³-hybridized carbons (Fsp3) is 0.118. The summed E-state index contributed by atoms with van der Waals surface area (Å²) in [6, 6.07) is 20.6. The summed E-state index contributed by atoms with van der Waals surface area (Å²) in [7, 11) is 0. The van der Waals surface area contributed by atoms with Gasteiger partial charge in [0.15, 0.2) is 0 Å². The predicted octanol–water partition coefficient (Wildman–Crippen LogP) is 4.20. The molecule has 2 nitrogen and oxygen atoms in total. The number of fused-ring (bicyclic) bond motifs is 1. The minimum Gasteiger partial charge on any atom is -0.340 e.